The van der Waals surface area contributed by atoms with Crippen molar-refractivity contribution >= 4 is 53.6 Å². The zero-order chi connectivity index (χ0) is 31.6. The van der Waals surface area contributed by atoms with Crippen molar-refractivity contribution in [3.05, 3.63) is 108 Å². The number of rotatable bonds is 11. The average molecular weight is 663 g/mol. The van der Waals surface area contributed by atoms with Crippen LogP contribution in [0.1, 0.15) is 17.8 Å². The summed E-state index contributed by atoms with van der Waals surface area (Å²) in [5.41, 5.74) is 5.65. The van der Waals surface area contributed by atoms with Crippen LogP contribution in [0, 0.1) is 0 Å². The molecule has 0 saturated carbocycles. The first-order valence-electron chi connectivity index (χ1n) is 14.3. The minimum Gasteiger partial charge on any atom is -0.748 e. The van der Waals surface area contributed by atoms with E-state index in [0.29, 0.717) is 18.2 Å². The smallest absolute Gasteiger partial charge is 0.268 e. The van der Waals surface area contributed by atoms with Gasteiger partial charge in [0.25, 0.3) is 15.1 Å². The largest absolute Gasteiger partial charge is 0.748 e. The van der Waals surface area contributed by atoms with Gasteiger partial charge in [-0.2, -0.15) is 13.0 Å². The number of fused-ring (bicyclic) bond motifs is 2. The first-order valence-corrected chi connectivity index (χ1v) is 18.3. The third-order valence-electron chi connectivity index (χ3n) is 7.48. The van der Waals surface area contributed by atoms with E-state index in [1.54, 1.807) is 0 Å². The average Bonchev–Trinajstić information content (AvgIpc) is 3.53. The highest BCUT2D eigenvalue weighted by atomic mass is 32.2. The molecule has 0 saturated heterocycles. The van der Waals surface area contributed by atoms with Crippen LogP contribution in [0.5, 0.6) is 5.75 Å². The first kappa shape index (κ1) is 30.9. The van der Waals surface area contributed by atoms with Crippen LogP contribution in [0.25, 0.3) is 38.5 Å². The Labute approximate surface area is 266 Å². The molecule has 12 heteroatoms. The van der Waals surface area contributed by atoms with Crippen molar-refractivity contribution in [2.75, 3.05) is 23.0 Å². The molecule has 6 rings (SSSR count). The molecule has 232 valence electrons. The molecule has 0 aliphatic carbocycles. The van der Waals surface area contributed by atoms with E-state index in [-0.39, 0.29) is 25.1 Å². The lowest BCUT2D eigenvalue weighted by Crippen LogP contribution is -2.36. The fourth-order valence-corrected chi connectivity index (χ4v) is 7.48. The van der Waals surface area contributed by atoms with Crippen molar-refractivity contribution in [1.82, 2.24) is 0 Å². The second kappa shape index (κ2) is 12.7. The minimum atomic E-state index is -4.40. The molecule has 0 atom stereocenters. The van der Waals surface area contributed by atoms with Crippen molar-refractivity contribution in [2.45, 2.75) is 19.4 Å². The van der Waals surface area contributed by atoms with Crippen molar-refractivity contribution in [1.29, 1.82) is 0 Å². The van der Waals surface area contributed by atoms with E-state index in [4.69, 9.17) is 4.74 Å². The monoisotopic (exact) mass is 662 g/mol. The first-order chi connectivity index (χ1) is 21.5. The van der Waals surface area contributed by atoms with E-state index in [0.717, 1.165) is 43.2 Å². The van der Waals surface area contributed by atoms with E-state index >= 15 is 0 Å². The maximum atomic E-state index is 11.5. The maximum Gasteiger partial charge on any atom is 0.268 e. The SMILES string of the molecule is O=S(=O)([O-])CCCN1/C(=C/c2sc3ccc(-c4ccccc4)cc3[n+]2CCCS(=O)(=O)O)Oc2ccc(-c3ccccc3)cc21. The highest BCUT2D eigenvalue weighted by molar-refractivity contribution is 7.85. The quantitative estimate of drug-likeness (QED) is 0.136. The molecule has 0 unspecified atom stereocenters. The summed E-state index contributed by atoms with van der Waals surface area (Å²) in [6.45, 7) is 0.543. The summed E-state index contributed by atoms with van der Waals surface area (Å²) in [4.78, 5) is 1.87. The predicted octanol–water partition coefficient (Wildman–Crippen LogP) is 5.93. The second-order valence-corrected chi connectivity index (χ2v) is 14.8. The van der Waals surface area contributed by atoms with Crippen LogP contribution in [0.15, 0.2) is 103 Å². The van der Waals surface area contributed by atoms with Gasteiger partial charge in [0.15, 0.2) is 12.3 Å². The van der Waals surface area contributed by atoms with Crippen LogP contribution < -0.4 is 14.2 Å². The zero-order valence-electron chi connectivity index (χ0n) is 24.1. The van der Waals surface area contributed by atoms with Gasteiger partial charge in [-0.1, -0.05) is 84.1 Å². The van der Waals surface area contributed by atoms with Gasteiger partial charge in [0.1, 0.15) is 4.70 Å². The van der Waals surface area contributed by atoms with Gasteiger partial charge in [-0.15, -0.1) is 0 Å². The summed E-state index contributed by atoms with van der Waals surface area (Å²) >= 11 is 1.50. The van der Waals surface area contributed by atoms with E-state index in [2.05, 4.69) is 6.07 Å². The topological polar surface area (TPSA) is 128 Å². The normalized spacial score (nSPS) is 14.2. The molecule has 1 aliphatic heterocycles. The van der Waals surface area contributed by atoms with Crippen LogP contribution in [-0.4, -0.2) is 44.0 Å². The van der Waals surface area contributed by atoms with Crippen LogP contribution >= 0.6 is 11.3 Å². The van der Waals surface area contributed by atoms with Gasteiger partial charge < -0.3 is 14.2 Å². The summed E-state index contributed by atoms with van der Waals surface area (Å²) in [7, 11) is -8.55. The highest BCUT2D eigenvalue weighted by Gasteiger charge is 2.30. The molecule has 9 nitrogen and oxygen atoms in total. The van der Waals surface area contributed by atoms with Gasteiger partial charge >= 0.3 is 0 Å². The zero-order valence-corrected chi connectivity index (χ0v) is 26.5. The molecule has 4 aromatic carbocycles. The Hall–Kier alpha value is -4.07. The summed E-state index contributed by atoms with van der Waals surface area (Å²) in [6, 6.07) is 31.7. The van der Waals surface area contributed by atoms with Gasteiger partial charge in [0.2, 0.25) is 11.4 Å². The lowest BCUT2D eigenvalue weighted by atomic mass is 10.0. The number of ether oxygens (including phenoxy) is 1. The number of anilines is 1. The molecule has 0 radical (unpaired) electrons. The van der Waals surface area contributed by atoms with Gasteiger partial charge in [-0.05, 0) is 46.9 Å². The van der Waals surface area contributed by atoms with Gasteiger partial charge in [-0.3, -0.25) is 4.55 Å². The molecule has 1 N–H and O–H groups in total. The van der Waals surface area contributed by atoms with Crippen LogP contribution in [0.3, 0.4) is 0 Å². The fraction of sp³-hybridized carbons (Fsp3) is 0.182. The van der Waals surface area contributed by atoms with E-state index < -0.39 is 26.0 Å². The molecule has 0 spiro atoms. The Kier molecular flexibility index (Phi) is 8.76. The third kappa shape index (κ3) is 7.43. The summed E-state index contributed by atoms with van der Waals surface area (Å²) in [5, 5.41) is 0.776. The number of aryl methyl sites for hydroxylation is 1. The van der Waals surface area contributed by atoms with E-state index in [9.17, 15) is 25.9 Å². The highest BCUT2D eigenvalue weighted by Crippen LogP contribution is 2.42. The van der Waals surface area contributed by atoms with Crippen molar-refractivity contribution in [3.8, 4) is 28.0 Å². The number of thiazole rings is 1. The van der Waals surface area contributed by atoms with Gasteiger partial charge in [0.05, 0.1) is 27.6 Å². The Morgan fingerprint density at radius 3 is 2.09 bits per heavy atom. The molecule has 2 heterocycles. The minimum absolute atomic E-state index is 0.0999. The maximum absolute atomic E-state index is 11.5. The van der Waals surface area contributed by atoms with Crippen LogP contribution in [-0.2, 0) is 26.8 Å². The van der Waals surface area contributed by atoms with Crippen LogP contribution in [0.2, 0.25) is 0 Å². The molecule has 0 amide bonds. The molecule has 0 bridgehead atoms. The number of aromatic nitrogens is 1. The third-order valence-corrected chi connectivity index (χ3v) is 10.2. The Morgan fingerprint density at radius 2 is 1.44 bits per heavy atom. The number of nitrogens with zero attached hydrogens (tertiary/aromatic N) is 2. The van der Waals surface area contributed by atoms with Crippen molar-refractivity contribution in [2.24, 2.45) is 0 Å². The summed E-state index contributed by atoms with van der Waals surface area (Å²) in [6.07, 6.45) is 2.14. The van der Waals surface area contributed by atoms with Gasteiger partial charge in [0, 0.05) is 24.8 Å². The number of benzene rings is 4. The summed E-state index contributed by atoms with van der Waals surface area (Å²) in [5.74, 6) is 0.157. The Balaban J connectivity index is 1.42. The number of hydrogen-bond acceptors (Lipinski definition) is 8. The lowest BCUT2D eigenvalue weighted by molar-refractivity contribution is -0.668. The Morgan fingerprint density at radius 1 is 0.800 bits per heavy atom. The van der Waals surface area contributed by atoms with Crippen molar-refractivity contribution < 1.29 is 35.2 Å². The number of hydrogen-bond donors (Lipinski definition) is 1. The summed E-state index contributed by atoms with van der Waals surface area (Å²) < 4.78 is 76.0. The fourth-order valence-electron chi connectivity index (χ4n) is 5.41. The molecule has 1 aliphatic rings. The second-order valence-electron chi connectivity index (χ2n) is 10.7. The van der Waals surface area contributed by atoms with Crippen LogP contribution in [0.4, 0.5) is 5.69 Å². The molecular formula is C33H30N2O7S3. The van der Waals surface area contributed by atoms with Gasteiger partial charge in [-0.25, -0.2) is 8.42 Å². The molecular weight excluding hydrogens is 633 g/mol. The van der Waals surface area contributed by atoms with E-state index in [1.165, 1.54) is 11.3 Å². The Bertz CT molecular complexity index is 2090. The standard InChI is InChI=1S/C33H30N2O7S3/c36-44(37,38)19-7-17-34-28-21-26(24-9-3-1-4-10-24)13-15-30(28)42-32(34)23-33-35(18-8-20-45(39,40)41)29-22-27(14-16-31(29)43-33)25-11-5-2-6-12-25/h1-6,9-16,21-23H,7-8,17-20H2,(H-,36,37,38,39,40,41). The lowest BCUT2D eigenvalue weighted by Gasteiger charge is -2.19. The molecule has 0 fully saturated rings. The van der Waals surface area contributed by atoms with E-state index in [1.807, 2.05) is 107 Å². The molecule has 1 aromatic heterocycles. The molecule has 5 aromatic rings. The molecule has 45 heavy (non-hydrogen) atoms. The van der Waals surface area contributed by atoms with Crippen molar-refractivity contribution in [3.63, 3.8) is 0 Å². The predicted molar refractivity (Wildman–Crippen MR) is 175 cm³/mol.